The number of nitrogens with two attached hydrogens (primary N) is 1. The fourth-order valence-corrected chi connectivity index (χ4v) is 1.72. The van der Waals surface area contributed by atoms with Crippen molar-refractivity contribution in [2.45, 2.75) is 0 Å². The number of sulfone groups is 1. The van der Waals surface area contributed by atoms with Crippen LogP contribution in [0.25, 0.3) is 0 Å². The molecule has 1 aromatic rings. The Labute approximate surface area is 94.3 Å². The quantitative estimate of drug-likeness (QED) is 0.790. The van der Waals surface area contributed by atoms with Crippen LogP contribution in [0.1, 0.15) is 0 Å². The van der Waals surface area contributed by atoms with Gasteiger partial charge in [-0.25, -0.2) is 8.42 Å². The molecule has 0 aliphatic carbocycles. The second-order valence-corrected chi connectivity index (χ2v) is 5.98. The van der Waals surface area contributed by atoms with Crippen LogP contribution < -0.4 is 11.1 Å². The molecule has 0 heterocycles. The number of nitrogens with one attached hydrogen (secondary N) is 1. The maximum absolute atomic E-state index is 10.9. The summed E-state index contributed by atoms with van der Waals surface area (Å²) in [5.41, 5.74) is 6.88. The average molecular weight is 249 g/mol. The first kappa shape index (κ1) is 12.1. The van der Waals surface area contributed by atoms with Gasteiger partial charge in [-0.3, -0.25) is 0 Å². The molecule has 0 saturated heterocycles. The second kappa shape index (κ2) is 4.72. The van der Waals surface area contributed by atoms with E-state index < -0.39 is 9.84 Å². The third-order valence-electron chi connectivity index (χ3n) is 1.80. The van der Waals surface area contributed by atoms with Gasteiger partial charge in [-0.2, -0.15) is 0 Å². The largest absolute Gasteiger partial charge is 0.397 e. The highest BCUT2D eigenvalue weighted by atomic mass is 35.5. The van der Waals surface area contributed by atoms with Gasteiger partial charge in [-0.1, -0.05) is 11.6 Å². The lowest BCUT2D eigenvalue weighted by molar-refractivity contribution is 0.602. The summed E-state index contributed by atoms with van der Waals surface area (Å²) in [7, 11) is -2.94. The van der Waals surface area contributed by atoms with E-state index >= 15 is 0 Å². The Bertz CT molecular complexity index is 445. The molecule has 0 aliphatic rings. The summed E-state index contributed by atoms with van der Waals surface area (Å²) in [6, 6.07) is 5.03. The van der Waals surface area contributed by atoms with E-state index in [2.05, 4.69) is 5.32 Å². The summed E-state index contributed by atoms with van der Waals surface area (Å²) in [4.78, 5) is 0. The first-order valence-corrected chi connectivity index (χ1v) is 6.79. The predicted molar refractivity (Wildman–Crippen MR) is 64.1 cm³/mol. The van der Waals surface area contributed by atoms with E-state index in [4.69, 9.17) is 17.3 Å². The molecule has 0 radical (unpaired) electrons. The maximum Gasteiger partial charge on any atom is 0.149 e. The molecule has 0 aliphatic heterocycles. The van der Waals surface area contributed by atoms with Crippen molar-refractivity contribution in [1.29, 1.82) is 0 Å². The molecule has 1 rings (SSSR count). The lowest BCUT2D eigenvalue weighted by atomic mass is 10.3. The number of anilines is 2. The number of halogens is 1. The minimum absolute atomic E-state index is 0.0784. The summed E-state index contributed by atoms with van der Waals surface area (Å²) in [5, 5.41) is 3.49. The van der Waals surface area contributed by atoms with Crippen LogP contribution in [0.5, 0.6) is 0 Å². The Morgan fingerprint density at radius 2 is 2.13 bits per heavy atom. The zero-order chi connectivity index (χ0) is 11.5. The van der Waals surface area contributed by atoms with Crippen molar-refractivity contribution in [2.75, 3.05) is 29.6 Å². The molecule has 15 heavy (non-hydrogen) atoms. The van der Waals surface area contributed by atoms with Gasteiger partial charge in [0.15, 0.2) is 0 Å². The van der Waals surface area contributed by atoms with E-state index in [9.17, 15) is 8.42 Å². The van der Waals surface area contributed by atoms with E-state index in [-0.39, 0.29) is 5.75 Å². The van der Waals surface area contributed by atoms with Crippen molar-refractivity contribution in [1.82, 2.24) is 0 Å². The summed E-state index contributed by atoms with van der Waals surface area (Å²) in [6.07, 6.45) is 1.19. The zero-order valence-electron chi connectivity index (χ0n) is 8.33. The molecule has 0 amide bonds. The lowest BCUT2D eigenvalue weighted by Gasteiger charge is -2.08. The van der Waals surface area contributed by atoms with Crippen LogP contribution in [0, 0.1) is 0 Å². The highest BCUT2D eigenvalue weighted by Gasteiger charge is 2.03. The SMILES string of the molecule is CS(=O)(=O)CCNc1ccc(Cl)cc1N. The number of rotatable bonds is 4. The molecule has 0 bridgehead atoms. The molecule has 6 heteroatoms. The normalized spacial score (nSPS) is 11.3. The van der Waals surface area contributed by atoms with Crippen molar-refractivity contribution in [3.63, 3.8) is 0 Å². The van der Waals surface area contributed by atoms with Gasteiger partial charge < -0.3 is 11.1 Å². The van der Waals surface area contributed by atoms with E-state index in [1.807, 2.05) is 0 Å². The van der Waals surface area contributed by atoms with Crippen LogP contribution in [-0.2, 0) is 9.84 Å². The van der Waals surface area contributed by atoms with E-state index in [0.29, 0.717) is 22.9 Å². The maximum atomic E-state index is 10.9. The summed E-state index contributed by atoms with van der Waals surface area (Å²) in [5.74, 6) is 0.0784. The van der Waals surface area contributed by atoms with Crippen LogP contribution in [0.3, 0.4) is 0 Å². The Hall–Kier alpha value is -0.940. The third-order valence-corrected chi connectivity index (χ3v) is 2.98. The number of hydrogen-bond acceptors (Lipinski definition) is 4. The average Bonchev–Trinajstić information content (AvgIpc) is 2.07. The topological polar surface area (TPSA) is 72.2 Å². The van der Waals surface area contributed by atoms with Gasteiger partial charge in [0.1, 0.15) is 9.84 Å². The molecule has 0 spiro atoms. The van der Waals surface area contributed by atoms with Crippen molar-refractivity contribution in [3.8, 4) is 0 Å². The number of nitrogen functional groups attached to an aromatic ring is 1. The highest BCUT2D eigenvalue weighted by molar-refractivity contribution is 7.90. The van der Waals surface area contributed by atoms with Crippen LogP contribution >= 0.6 is 11.6 Å². The Balaban J connectivity index is 2.59. The lowest BCUT2D eigenvalue weighted by Crippen LogP contribution is -2.14. The molecule has 0 fully saturated rings. The van der Waals surface area contributed by atoms with Gasteiger partial charge in [-0.05, 0) is 18.2 Å². The molecule has 3 N–H and O–H groups in total. The fourth-order valence-electron chi connectivity index (χ4n) is 1.07. The minimum atomic E-state index is -2.94. The molecule has 1 aromatic carbocycles. The molecule has 0 atom stereocenters. The predicted octanol–water partition coefficient (Wildman–Crippen LogP) is 1.38. The Morgan fingerprint density at radius 1 is 1.47 bits per heavy atom. The molecular weight excluding hydrogens is 236 g/mol. The molecule has 0 unspecified atom stereocenters. The second-order valence-electron chi connectivity index (χ2n) is 3.29. The van der Waals surface area contributed by atoms with Crippen LogP contribution in [0.2, 0.25) is 5.02 Å². The standard InChI is InChI=1S/C9H13ClN2O2S/c1-15(13,14)5-4-12-9-3-2-7(10)6-8(9)11/h2-3,6,12H,4-5,11H2,1H3. The van der Waals surface area contributed by atoms with Gasteiger partial charge >= 0.3 is 0 Å². The molecular formula is C9H13ClN2O2S. The summed E-state index contributed by atoms with van der Waals surface area (Å²) >= 11 is 5.72. The van der Waals surface area contributed by atoms with E-state index in [1.165, 1.54) is 6.26 Å². The van der Waals surface area contributed by atoms with Crippen molar-refractivity contribution in [3.05, 3.63) is 23.2 Å². The highest BCUT2D eigenvalue weighted by Crippen LogP contribution is 2.22. The summed E-state index contributed by atoms with van der Waals surface area (Å²) in [6.45, 7) is 0.338. The van der Waals surface area contributed by atoms with Crippen molar-refractivity contribution in [2.24, 2.45) is 0 Å². The van der Waals surface area contributed by atoms with Gasteiger partial charge in [0.2, 0.25) is 0 Å². The van der Waals surface area contributed by atoms with Crippen LogP contribution in [0.15, 0.2) is 18.2 Å². The van der Waals surface area contributed by atoms with Gasteiger partial charge in [0.05, 0.1) is 17.1 Å². The van der Waals surface area contributed by atoms with Gasteiger partial charge in [0, 0.05) is 17.8 Å². The van der Waals surface area contributed by atoms with E-state index in [0.717, 1.165) is 0 Å². The Morgan fingerprint density at radius 3 is 2.67 bits per heavy atom. The number of benzene rings is 1. The Kier molecular flexibility index (Phi) is 3.82. The van der Waals surface area contributed by atoms with Gasteiger partial charge in [0.25, 0.3) is 0 Å². The van der Waals surface area contributed by atoms with Crippen LogP contribution in [0.4, 0.5) is 11.4 Å². The van der Waals surface area contributed by atoms with Crippen molar-refractivity contribution < 1.29 is 8.42 Å². The van der Waals surface area contributed by atoms with Gasteiger partial charge in [-0.15, -0.1) is 0 Å². The smallest absolute Gasteiger partial charge is 0.149 e. The molecule has 84 valence electrons. The van der Waals surface area contributed by atoms with Crippen LogP contribution in [-0.4, -0.2) is 27.0 Å². The minimum Gasteiger partial charge on any atom is -0.397 e. The third kappa shape index (κ3) is 4.40. The van der Waals surface area contributed by atoms with Crippen molar-refractivity contribution >= 4 is 32.8 Å². The fraction of sp³-hybridized carbons (Fsp3) is 0.333. The molecule has 4 nitrogen and oxygen atoms in total. The zero-order valence-corrected chi connectivity index (χ0v) is 9.90. The monoisotopic (exact) mass is 248 g/mol. The van der Waals surface area contributed by atoms with E-state index in [1.54, 1.807) is 18.2 Å². The molecule has 0 saturated carbocycles. The summed E-state index contributed by atoms with van der Waals surface area (Å²) < 4.78 is 21.7. The first-order valence-electron chi connectivity index (χ1n) is 4.35. The number of hydrogen-bond donors (Lipinski definition) is 2. The first-order chi connectivity index (χ1) is 6.88. The molecule has 0 aromatic heterocycles.